The molecular weight excluding hydrogens is 497 g/mol. The third-order valence-electron chi connectivity index (χ3n) is 6.21. The number of aryl methyl sites for hydroxylation is 1. The Morgan fingerprint density at radius 3 is 2.74 bits per heavy atom. The van der Waals surface area contributed by atoms with E-state index in [0.717, 1.165) is 22.2 Å². The van der Waals surface area contributed by atoms with Gasteiger partial charge in [-0.05, 0) is 44.9 Å². The minimum absolute atomic E-state index is 0.0699. The molecule has 5 rings (SSSR count). The van der Waals surface area contributed by atoms with Gasteiger partial charge in [0.2, 0.25) is 0 Å². The van der Waals surface area contributed by atoms with Gasteiger partial charge in [-0.15, -0.1) is 0 Å². The van der Waals surface area contributed by atoms with E-state index in [4.69, 9.17) is 27.9 Å². The lowest BCUT2D eigenvalue weighted by Crippen LogP contribution is -2.25. The van der Waals surface area contributed by atoms with Crippen molar-refractivity contribution >= 4 is 43.9 Å². The Bertz CT molecular complexity index is 1470. The van der Waals surface area contributed by atoms with Gasteiger partial charge in [-0.1, -0.05) is 23.2 Å². The summed E-state index contributed by atoms with van der Waals surface area (Å²) in [7, 11) is -2.92. The highest BCUT2D eigenvalue weighted by Gasteiger charge is 2.26. The average molecular weight is 520 g/mol. The van der Waals surface area contributed by atoms with E-state index in [0.29, 0.717) is 39.9 Å². The van der Waals surface area contributed by atoms with Crippen LogP contribution in [0.4, 0.5) is 0 Å². The summed E-state index contributed by atoms with van der Waals surface area (Å²) in [5, 5.41) is 13.9. The smallest absolute Gasteiger partial charge is 0.150 e. The molecule has 8 nitrogen and oxygen atoms in total. The lowest BCUT2D eigenvalue weighted by atomic mass is 10.1. The van der Waals surface area contributed by atoms with Crippen LogP contribution in [0.5, 0.6) is 5.75 Å². The zero-order valence-electron chi connectivity index (χ0n) is 18.6. The van der Waals surface area contributed by atoms with Gasteiger partial charge in [-0.3, -0.25) is 14.8 Å². The molecule has 0 radical (unpaired) electrons. The first-order valence-electron chi connectivity index (χ1n) is 10.9. The molecule has 0 aliphatic carbocycles. The van der Waals surface area contributed by atoms with Crippen molar-refractivity contribution in [1.82, 2.24) is 25.0 Å². The fraction of sp³-hybridized carbons (Fsp3) is 0.348. The van der Waals surface area contributed by atoms with Crippen LogP contribution in [0.1, 0.15) is 43.2 Å². The second kappa shape index (κ2) is 8.87. The molecule has 1 aliphatic heterocycles. The highest BCUT2D eigenvalue weighted by Crippen LogP contribution is 2.36. The number of nitrogens with one attached hydrogen (secondary N) is 1. The van der Waals surface area contributed by atoms with Gasteiger partial charge in [-0.25, -0.2) is 8.42 Å². The Kier molecular flexibility index (Phi) is 6.03. The molecule has 34 heavy (non-hydrogen) atoms. The number of rotatable bonds is 5. The van der Waals surface area contributed by atoms with Crippen molar-refractivity contribution < 1.29 is 13.2 Å². The second-order valence-electron chi connectivity index (χ2n) is 8.55. The van der Waals surface area contributed by atoms with Crippen molar-refractivity contribution in [2.24, 2.45) is 0 Å². The van der Waals surface area contributed by atoms with E-state index >= 15 is 0 Å². The van der Waals surface area contributed by atoms with Crippen LogP contribution in [0.2, 0.25) is 10.0 Å². The normalized spacial score (nSPS) is 17.2. The fourth-order valence-corrected chi connectivity index (χ4v) is 6.42. The number of aromatic nitrogens is 5. The Labute approximate surface area is 207 Å². The number of hydrogen-bond acceptors (Lipinski definition) is 6. The van der Waals surface area contributed by atoms with Crippen molar-refractivity contribution in [2.75, 3.05) is 11.5 Å². The highest BCUT2D eigenvalue weighted by molar-refractivity contribution is 7.91. The van der Waals surface area contributed by atoms with Gasteiger partial charge < -0.3 is 4.74 Å². The first-order valence-corrected chi connectivity index (χ1v) is 13.5. The molecular formula is C23H23Cl2N5O3S. The molecule has 3 aromatic heterocycles. The molecule has 1 saturated heterocycles. The van der Waals surface area contributed by atoms with Crippen LogP contribution in [-0.4, -0.2) is 44.9 Å². The van der Waals surface area contributed by atoms with Crippen LogP contribution in [0, 0.1) is 6.92 Å². The quantitative estimate of drug-likeness (QED) is 0.382. The predicted molar refractivity (Wildman–Crippen MR) is 132 cm³/mol. The van der Waals surface area contributed by atoms with Crippen molar-refractivity contribution in [1.29, 1.82) is 0 Å². The first kappa shape index (κ1) is 23.1. The average Bonchev–Trinajstić information content (AvgIpc) is 3.43. The topological polar surface area (TPSA) is 103 Å². The van der Waals surface area contributed by atoms with Gasteiger partial charge in [0.05, 0.1) is 45.0 Å². The number of H-pyrrole nitrogens is 1. The fourth-order valence-electron chi connectivity index (χ4n) is 4.30. The molecule has 4 aromatic rings. The van der Waals surface area contributed by atoms with Crippen LogP contribution in [0.25, 0.3) is 22.2 Å². The van der Waals surface area contributed by atoms with Crippen LogP contribution in [0.3, 0.4) is 0 Å². The largest absolute Gasteiger partial charge is 0.486 e. The van der Waals surface area contributed by atoms with E-state index in [2.05, 4.69) is 20.3 Å². The Morgan fingerprint density at radius 2 is 1.97 bits per heavy atom. The Hall–Kier alpha value is -2.62. The molecule has 1 atom stereocenters. The number of benzene rings is 1. The van der Waals surface area contributed by atoms with Gasteiger partial charge in [0.25, 0.3) is 0 Å². The second-order valence-corrected chi connectivity index (χ2v) is 11.6. The van der Waals surface area contributed by atoms with Gasteiger partial charge in [0, 0.05) is 28.9 Å². The summed E-state index contributed by atoms with van der Waals surface area (Å²) in [4.78, 5) is 4.18. The number of aromatic amines is 1. The lowest BCUT2D eigenvalue weighted by molar-refractivity contribution is 0.227. The Morgan fingerprint density at radius 1 is 1.21 bits per heavy atom. The standard InChI is InChI=1S/C23H23Cl2N5O3S/c1-13-22(25)21(19(24)11-26-13)14(2)33-17-3-4-20-18(9-17)23(29-28-20)15-10-27-30(12-15)16-5-7-34(31,32)8-6-16/h3-4,9-12,14,16H,5-8H2,1-2H3,(H,28,29)/t14-/m1/s1. The number of sulfone groups is 1. The molecule has 0 amide bonds. The molecule has 1 N–H and O–H groups in total. The van der Waals surface area contributed by atoms with Crippen LogP contribution < -0.4 is 4.74 Å². The minimum atomic E-state index is -2.92. The van der Waals surface area contributed by atoms with Crippen LogP contribution in [-0.2, 0) is 9.84 Å². The molecule has 0 unspecified atom stereocenters. The summed E-state index contributed by atoms with van der Waals surface area (Å²) >= 11 is 12.8. The van der Waals surface area contributed by atoms with Crippen molar-refractivity contribution in [2.45, 2.75) is 38.8 Å². The molecule has 178 valence electrons. The number of pyridine rings is 1. The lowest BCUT2D eigenvalue weighted by Gasteiger charge is -2.22. The summed E-state index contributed by atoms with van der Waals surface area (Å²) < 4.78 is 31.5. The highest BCUT2D eigenvalue weighted by atomic mass is 35.5. The van der Waals surface area contributed by atoms with Crippen LogP contribution >= 0.6 is 23.2 Å². The number of ether oxygens (including phenoxy) is 1. The third-order valence-corrected chi connectivity index (χ3v) is 8.70. The molecule has 4 heterocycles. The van der Waals surface area contributed by atoms with Gasteiger partial charge in [0.1, 0.15) is 27.4 Å². The van der Waals surface area contributed by atoms with E-state index in [1.807, 2.05) is 42.9 Å². The molecule has 0 bridgehead atoms. The zero-order valence-corrected chi connectivity index (χ0v) is 21.0. The van der Waals surface area contributed by atoms with E-state index in [1.165, 1.54) is 0 Å². The monoisotopic (exact) mass is 519 g/mol. The SMILES string of the molecule is Cc1ncc(Cl)c([C@@H](C)Oc2ccc3[nH]nc(-c4cnn(C5CCS(=O)(=O)CC5)c4)c3c2)c1Cl. The maximum absolute atomic E-state index is 11.7. The molecule has 11 heteroatoms. The number of halogens is 2. The van der Waals surface area contributed by atoms with E-state index in [1.54, 1.807) is 12.4 Å². The van der Waals surface area contributed by atoms with Gasteiger partial charge >= 0.3 is 0 Å². The molecule has 0 spiro atoms. The summed E-state index contributed by atoms with van der Waals surface area (Å²) in [6.07, 6.45) is 6.01. The minimum Gasteiger partial charge on any atom is -0.486 e. The molecule has 1 fully saturated rings. The van der Waals surface area contributed by atoms with E-state index in [9.17, 15) is 8.42 Å². The van der Waals surface area contributed by atoms with Gasteiger partial charge in [0.15, 0.2) is 0 Å². The summed E-state index contributed by atoms with van der Waals surface area (Å²) in [5.41, 5.74) is 3.84. The predicted octanol–water partition coefficient (Wildman–Crippen LogP) is 5.33. The molecule has 1 aliphatic rings. The van der Waals surface area contributed by atoms with Crippen molar-refractivity contribution in [3.63, 3.8) is 0 Å². The molecule has 1 aromatic carbocycles. The number of nitrogens with zero attached hydrogens (tertiary/aromatic N) is 4. The van der Waals surface area contributed by atoms with Crippen molar-refractivity contribution in [3.8, 4) is 17.0 Å². The molecule has 0 saturated carbocycles. The first-order chi connectivity index (χ1) is 16.2. The summed E-state index contributed by atoms with van der Waals surface area (Å²) in [5.74, 6) is 1.04. The number of hydrogen-bond donors (Lipinski definition) is 1. The summed E-state index contributed by atoms with van der Waals surface area (Å²) in [6, 6.07) is 5.76. The van der Waals surface area contributed by atoms with Crippen LogP contribution in [0.15, 0.2) is 36.8 Å². The zero-order chi connectivity index (χ0) is 24.0. The summed E-state index contributed by atoms with van der Waals surface area (Å²) in [6.45, 7) is 3.71. The van der Waals surface area contributed by atoms with Crippen molar-refractivity contribution in [3.05, 3.63) is 58.1 Å². The maximum atomic E-state index is 11.7. The number of fused-ring (bicyclic) bond motifs is 1. The van der Waals surface area contributed by atoms with E-state index in [-0.39, 0.29) is 23.7 Å². The third kappa shape index (κ3) is 4.39. The maximum Gasteiger partial charge on any atom is 0.150 e. The van der Waals surface area contributed by atoms with Gasteiger partial charge in [-0.2, -0.15) is 10.2 Å². The Balaban J connectivity index is 1.41. The van der Waals surface area contributed by atoms with E-state index < -0.39 is 9.84 Å².